The molecular formula is C26H38N8O3. The number of carbonyl (C=O) groups is 1. The van der Waals surface area contributed by atoms with Crippen LogP contribution in [0.1, 0.15) is 43.9 Å². The van der Waals surface area contributed by atoms with Crippen molar-refractivity contribution in [3.63, 3.8) is 0 Å². The van der Waals surface area contributed by atoms with E-state index in [4.69, 9.17) is 9.72 Å². The van der Waals surface area contributed by atoms with Gasteiger partial charge in [-0.05, 0) is 63.6 Å². The standard InChI is InChI=1S/C26H38N8O3/c1-3-37-16-15-34(13-5-4-8-20-10-9-19-7-6-12-27-24(19)30-20)14-11-21(26(35)36)31-25-23-22(28-18-29-25)17-33(2)32-23/h9-10,17-18,21H,3-8,11-16H2,1-2H3,(H,27,30)(H,35,36)(H,28,29,31). The summed E-state index contributed by atoms with van der Waals surface area (Å²) in [6.07, 6.45) is 8.85. The summed E-state index contributed by atoms with van der Waals surface area (Å²) in [6, 6.07) is 3.56. The summed E-state index contributed by atoms with van der Waals surface area (Å²) in [4.78, 5) is 27.6. The van der Waals surface area contributed by atoms with Crippen LogP contribution in [0, 0.1) is 0 Å². The molecule has 0 spiro atoms. The van der Waals surface area contributed by atoms with Crippen molar-refractivity contribution in [2.45, 2.75) is 51.5 Å². The van der Waals surface area contributed by atoms with Crippen molar-refractivity contribution in [2.75, 3.05) is 50.0 Å². The molecule has 0 fully saturated rings. The monoisotopic (exact) mass is 510 g/mol. The van der Waals surface area contributed by atoms with E-state index < -0.39 is 12.0 Å². The Kier molecular flexibility index (Phi) is 9.61. The van der Waals surface area contributed by atoms with Crippen LogP contribution in [0.3, 0.4) is 0 Å². The normalized spacial score (nSPS) is 13.9. The van der Waals surface area contributed by atoms with Gasteiger partial charge in [-0.25, -0.2) is 19.7 Å². The molecule has 0 saturated carbocycles. The molecule has 0 aromatic carbocycles. The SMILES string of the molecule is CCOCCN(CCCCc1ccc2c(n1)NCCC2)CCC(Nc1ncnc2cn(C)nc12)C(=O)O. The highest BCUT2D eigenvalue weighted by molar-refractivity contribution is 5.87. The van der Waals surface area contributed by atoms with Crippen LogP contribution in [0.4, 0.5) is 11.6 Å². The summed E-state index contributed by atoms with van der Waals surface area (Å²) >= 11 is 0. The minimum Gasteiger partial charge on any atom is -0.480 e. The molecule has 11 heteroatoms. The quantitative estimate of drug-likeness (QED) is 0.262. The number of aliphatic carboxylic acids is 1. The number of rotatable bonds is 15. The van der Waals surface area contributed by atoms with Gasteiger partial charge in [-0.1, -0.05) is 6.07 Å². The third kappa shape index (κ3) is 7.59. The van der Waals surface area contributed by atoms with Crippen LogP contribution in [0.5, 0.6) is 0 Å². The van der Waals surface area contributed by atoms with E-state index in [0.717, 1.165) is 63.3 Å². The zero-order valence-electron chi connectivity index (χ0n) is 21.8. The van der Waals surface area contributed by atoms with Crippen molar-refractivity contribution in [1.29, 1.82) is 0 Å². The molecule has 4 rings (SSSR count). The molecule has 37 heavy (non-hydrogen) atoms. The number of unbranched alkanes of at least 4 members (excludes halogenated alkanes) is 1. The predicted molar refractivity (Wildman–Crippen MR) is 143 cm³/mol. The number of ether oxygens (including phenoxy) is 1. The number of anilines is 2. The van der Waals surface area contributed by atoms with Gasteiger partial charge < -0.3 is 25.4 Å². The van der Waals surface area contributed by atoms with Crippen LogP contribution in [0.2, 0.25) is 0 Å². The minimum atomic E-state index is -0.917. The van der Waals surface area contributed by atoms with E-state index in [1.54, 1.807) is 17.9 Å². The number of carboxylic acid groups (broad SMARTS) is 1. The molecule has 0 aliphatic carbocycles. The molecule has 0 saturated heterocycles. The van der Waals surface area contributed by atoms with Crippen LogP contribution in [0.15, 0.2) is 24.7 Å². The first kappa shape index (κ1) is 26.7. The average molecular weight is 511 g/mol. The van der Waals surface area contributed by atoms with Gasteiger partial charge in [0.05, 0.1) is 12.8 Å². The van der Waals surface area contributed by atoms with E-state index in [1.807, 2.05) is 6.92 Å². The lowest BCUT2D eigenvalue weighted by Crippen LogP contribution is -2.37. The number of pyridine rings is 1. The molecule has 3 aromatic rings. The Morgan fingerprint density at radius 1 is 1.27 bits per heavy atom. The fourth-order valence-electron chi connectivity index (χ4n) is 4.61. The third-order valence-corrected chi connectivity index (χ3v) is 6.63. The molecule has 0 radical (unpaired) electrons. The second-order valence-electron chi connectivity index (χ2n) is 9.42. The zero-order valence-corrected chi connectivity index (χ0v) is 21.8. The van der Waals surface area contributed by atoms with Gasteiger partial charge in [0.2, 0.25) is 0 Å². The number of carboxylic acids is 1. The smallest absolute Gasteiger partial charge is 0.326 e. The Bertz CT molecular complexity index is 1170. The van der Waals surface area contributed by atoms with Crippen molar-refractivity contribution in [1.82, 2.24) is 29.6 Å². The first-order valence-electron chi connectivity index (χ1n) is 13.2. The van der Waals surface area contributed by atoms with Crippen molar-refractivity contribution < 1.29 is 14.6 Å². The van der Waals surface area contributed by atoms with E-state index in [-0.39, 0.29) is 0 Å². The van der Waals surface area contributed by atoms with Crippen molar-refractivity contribution in [3.05, 3.63) is 35.9 Å². The van der Waals surface area contributed by atoms with E-state index in [1.165, 1.54) is 11.9 Å². The second-order valence-corrected chi connectivity index (χ2v) is 9.42. The second kappa shape index (κ2) is 13.3. The number of nitrogens with one attached hydrogen (secondary N) is 2. The summed E-state index contributed by atoms with van der Waals surface area (Å²) in [7, 11) is 1.80. The molecule has 3 aromatic heterocycles. The van der Waals surface area contributed by atoms with Gasteiger partial charge in [-0.2, -0.15) is 5.10 Å². The molecule has 4 heterocycles. The van der Waals surface area contributed by atoms with Gasteiger partial charge in [-0.15, -0.1) is 0 Å². The Labute approximate surface area is 217 Å². The summed E-state index contributed by atoms with van der Waals surface area (Å²) in [6.45, 7) is 6.54. The summed E-state index contributed by atoms with van der Waals surface area (Å²) in [5.74, 6) is 0.561. The summed E-state index contributed by atoms with van der Waals surface area (Å²) in [5.41, 5.74) is 3.67. The Balaban J connectivity index is 1.30. The molecule has 200 valence electrons. The first-order chi connectivity index (χ1) is 18.0. The molecule has 3 N–H and O–H groups in total. The van der Waals surface area contributed by atoms with Crippen LogP contribution in [0.25, 0.3) is 11.0 Å². The molecule has 0 amide bonds. The number of aromatic nitrogens is 5. The summed E-state index contributed by atoms with van der Waals surface area (Å²) in [5, 5.41) is 20.7. The topological polar surface area (TPSA) is 130 Å². The van der Waals surface area contributed by atoms with Crippen molar-refractivity contribution >= 4 is 28.6 Å². The van der Waals surface area contributed by atoms with Gasteiger partial charge in [0, 0.05) is 39.0 Å². The Hall–Kier alpha value is -3.31. The number of fused-ring (bicyclic) bond motifs is 2. The predicted octanol–water partition coefficient (Wildman–Crippen LogP) is 2.73. The molecule has 1 unspecified atom stereocenters. The fourth-order valence-corrected chi connectivity index (χ4v) is 4.61. The van der Waals surface area contributed by atoms with Crippen LogP contribution in [-0.4, -0.2) is 86.1 Å². The Morgan fingerprint density at radius 2 is 2.16 bits per heavy atom. The maximum absolute atomic E-state index is 12.1. The van der Waals surface area contributed by atoms with E-state index in [0.29, 0.717) is 43.0 Å². The highest BCUT2D eigenvalue weighted by Crippen LogP contribution is 2.21. The maximum atomic E-state index is 12.1. The molecule has 1 aliphatic rings. The molecule has 1 aliphatic heterocycles. The number of hydrogen-bond donors (Lipinski definition) is 3. The largest absolute Gasteiger partial charge is 0.480 e. The van der Waals surface area contributed by atoms with Crippen LogP contribution < -0.4 is 10.6 Å². The maximum Gasteiger partial charge on any atom is 0.326 e. The summed E-state index contributed by atoms with van der Waals surface area (Å²) < 4.78 is 7.22. The minimum absolute atomic E-state index is 0.428. The van der Waals surface area contributed by atoms with Gasteiger partial charge in [0.25, 0.3) is 0 Å². The number of hydrogen-bond acceptors (Lipinski definition) is 9. The third-order valence-electron chi connectivity index (χ3n) is 6.63. The number of nitrogens with zero attached hydrogens (tertiary/aromatic N) is 6. The lowest BCUT2D eigenvalue weighted by molar-refractivity contribution is -0.138. The van der Waals surface area contributed by atoms with Crippen LogP contribution in [-0.2, 0) is 29.4 Å². The van der Waals surface area contributed by atoms with Gasteiger partial charge >= 0.3 is 5.97 Å². The van der Waals surface area contributed by atoms with E-state index in [2.05, 4.69) is 42.7 Å². The lowest BCUT2D eigenvalue weighted by Gasteiger charge is -2.24. The van der Waals surface area contributed by atoms with E-state index >= 15 is 0 Å². The van der Waals surface area contributed by atoms with Gasteiger partial charge in [0.1, 0.15) is 23.7 Å². The average Bonchev–Trinajstić information content (AvgIpc) is 3.29. The van der Waals surface area contributed by atoms with Gasteiger partial charge in [0.15, 0.2) is 11.3 Å². The molecule has 0 bridgehead atoms. The van der Waals surface area contributed by atoms with Crippen molar-refractivity contribution in [3.8, 4) is 0 Å². The molecular weight excluding hydrogens is 472 g/mol. The lowest BCUT2D eigenvalue weighted by atomic mass is 10.1. The van der Waals surface area contributed by atoms with Crippen molar-refractivity contribution in [2.24, 2.45) is 7.05 Å². The Morgan fingerprint density at radius 3 is 3.00 bits per heavy atom. The van der Waals surface area contributed by atoms with Crippen LogP contribution >= 0.6 is 0 Å². The molecule has 1 atom stereocenters. The first-order valence-corrected chi connectivity index (χ1v) is 13.2. The zero-order chi connectivity index (χ0) is 26.0. The molecule has 11 nitrogen and oxygen atoms in total. The highest BCUT2D eigenvalue weighted by Gasteiger charge is 2.21. The fraction of sp³-hybridized carbons (Fsp3) is 0.577. The van der Waals surface area contributed by atoms with Gasteiger partial charge in [-0.3, -0.25) is 4.68 Å². The highest BCUT2D eigenvalue weighted by atomic mass is 16.5. The number of aryl methyl sites for hydroxylation is 3. The van der Waals surface area contributed by atoms with E-state index in [9.17, 15) is 9.90 Å².